The Kier molecular flexibility index (Phi) is 4.92. The molecular weight excluding hydrogens is 304 g/mol. The van der Waals surface area contributed by atoms with Crippen LogP contribution in [0.15, 0.2) is 48.8 Å². The zero-order valence-electron chi connectivity index (χ0n) is 13.3. The standard InChI is InChI=1S/C18H18N4O2/c19-12-16-6-7-20-13-17(16)21-8-10-22(11-9-21)18(23)24-14-15-4-2-1-3-5-15/h1-7,13H,8-11,14H2. The number of carbonyl (C=O) groups is 1. The largest absolute Gasteiger partial charge is 0.445 e. The van der Waals surface area contributed by atoms with Crippen LogP contribution in [-0.4, -0.2) is 42.2 Å². The predicted molar refractivity (Wildman–Crippen MR) is 89.4 cm³/mol. The number of carbonyl (C=O) groups excluding carboxylic acids is 1. The molecule has 0 aliphatic carbocycles. The Morgan fingerprint density at radius 2 is 1.92 bits per heavy atom. The van der Waals surface area contributed by atoms with E-state index in [4.69, 9.17) is 4.74 Å². The van der Waals surface area contributed by atoms with Crippen molar-refractivity contribution in [2.75, 3.05) is 31.1 Å². The molecule has 1 amide bonds. The van der Waals surface area contributed by atoms with E-state index in [1.807, 2.05) is 30.3 Å². The minimum atomic E-state index is -0.301. The molecule has 1 aliphatic rings. The van der Waals surface area contributed by atoms with E-state index >= 15 is 0 Å². The van der Waals surface area contributed by atoms with E-state index in [2.05, 4.69) is 16.0 Å². The van der Waals surface area contributed by atoms with E-state index in [-0.39, 0.29) is 12.7 Å². The lowest BCUT2D eigenvalue weighted by Crippen LogP contribution is -2.49. The van der Waals surface area contributed by atoms with Crippen LogP contribution in [0.25, 0.3) is 0 Å². The molecule has 0 radical (unpaired) electrons. The molecule has 0 saturated carbocycles. The second kappa shape index (κ2) is 7.47. The Balaban J connectivity index is 1.53. The molecule has 24 heavy (non-hydrogen) atoms. The number of piperazine rings is 1. The molecule has 6 nitrogen and oxygen atoms in total. The van der Waals surface area contributed by atoms with Crippen LogP contribution in [0.5, 0.6) is 0 Å². The number of aromatic nitrogens is 1. The van der Waals surface area contributed by atoms with Gasteiger partial charge in [0.1, 0.15) is 12.7 Å². The fourth-order valence-electron chi connectivity index (χ4n) is 2.67. The third kappa shape index (κ3) is 3.63. The molecule has 1 aliphatic heterocycles. The lowest BCUT2D eigenvalue weighted by molar-refractivity contribution is 0.0942. The van der Waals surface area contributed by atoms with E-state index in [0.29, 0.717) is 31.7 Å². The third-order valence-corrected chi connectivity index (χ3v) is 4.00. The van der Waals surface area contributed by atoms with Crippen molar-refractivity contribution >= 4 is 11.8 Å². The number of pyridine rings is 1. The van der Waals surface area contributed by atoms with Crippen LogP contribution in [0, 0.1) is 11.3 Å². The Labute approximate surface area is 140 Å². The number of hydrogen-bond donors (Lipinski definition) is 0. The van der Waals surface area contributed by atoms with E-state index in [1.54, 1.807) is 23.4 Å². The van der Waals surface area contributed by atoms with Gasteiger partial charge < -0.3 is 14.5 Å². The summed E-state index contributed by atoms with van der Waals surface area (Å²) in [4.78, 5) is 20.0. The van der Waals surface area contributed by atoms with Gasteiger partial charge in [0.15, 0.2) is 0 Å². The molecule has 0 bridgehead atoms. The van der Waals surface area contributed by atoms with Gasteiger partial charge in [-0.3, -0.25) is 4.98 Å². The molecule has 2 heterocycles. The van der Waals surface area contributed by atoms with Gasteiger partial charge in [-0.2, -0.15) is 5.26 Å². The van der Waals surface area contributed by atoms with Crippen molar-refractivity contribution in [2.45, 2.75) is 6.61 Å². The zero-order valence-corrected chi connectivity index (χ0v) is 13.3. The average molecular weight is 322 g/mol. The van der Waals surface area contributed by atoms with E-state index in [9.17, 15) is 10.1 Å². The number of ether oxygens (including phenoxy) is 1. The van der Waals surface area contributed by atoms with Crippen molar-refractivity contribution in [3.63, 3.8) is 0 Å². The van der Waals surface area contributed by atoms with Gasteiger partial charge >= 0.3 is 6.09 Å². The summed E-state index contributed by atoms with van der Waals surface area (Å²) in [5.74, 6) is 0. The van der Waals surface area contributed by atoms with Gasteiger partial charge in [-0.15, -0.1) is 0 Å². The molecule has 3 rings (SSSR count). The molecule has 1 fully saturated rings. The smallest absolute Gasteiger partial charge is 0.410 e. The molecule has 0 atom stereocenters. The first-order valence-corrected chi connectivity index (χ1v) is 7.82. The van der Waals surface area contributed by atoms with Gasteiger partial charge in [-0.1, -0.05) is 30.3 Å². The number of rotatable bonds is 3. The number of nitrogens with zero attached hydrogens (tertiary/aromatic N) is 4. The maximum atomic E-state index is 12.2. The average Bonchev–Trinajstić information content (AvgIpc) is 2.67. The number of anilines is 1. The molecule has 0 spiro atoms. The van der Waals surface area contributed by atoms with Crippen LogP contribution >= 0.6 is 0 Å². The highest BCUT2D eigenvalue weighted by molar-refractivity contribution is 5.68. The molecule has 6 heteroatoms. The maximum Gasteiger partial charge on any atom is 0.410 e. The number of hydrogen-bond acceptors (Lipinski definition) is 5. The fraction of sp³-hybridized carbons (Fsp3) is 0.278. The first-order chi connectivity index (χ1) is 11.8. The van der Waals surface area contributed by atoms with Crippen molar-refractivity contribution in [2.24, 2.45) is 0 Å². The van der Waals surface area contributed by atoms with E-state index < -0.39 is 0 Å². The highest BCUT2D eigenvalue weighted by Crippen LogP contribution is 2.20. The minimum Gasteiger partial charge on any atom is -0.445 e. The lowest BCUT2D eigenvalue weighted by atomic mass is 10.2. The first-order valence-electron chi connectivity index (χ1n) is 7.82. The van der Waals surface area contributed by atoms with Crippen molar-refractivity contribution in [1.82, 2.24) is 9.88 Å². The molecule has 1 aromatic carbocycles. The second-order valence-corrected chi connectivity index (χ2v) is 5.52. The maximum absolute atomic E-state index is 12.2. The topological polar surface area (TPSA) is 69.5 Å². The summed E-state index contributed by atoms with van der Waals surface area (Å²) in [6.45, 7) is 2.71. The van der Waals surface area contributed by atoms with Crippen LogP contribution < -0.4 is 4.90 Å². The molecule has 0 unspecified atom stereocenters. The van der Waals surface area contributed by atoms with Crippen molar-refractivity contribution in [3.05, 3.63) is 59.9 Å². The molecule has 122 valence electrons. The Morgan fingerprint density at radius 1 is 1.17 bits per heavy atom. The van der Waals surface area contributed by atoms with Crippen molar-refractivity contribution in [3.8, 4) is 6.07 Å². The predicted octanol–water partition coefficient (Wildman–Crippen LogP) is 2.41. The zero-order chi connectivity index (χ0) is 16.8. The molecule has 0 N–H and O–H groups in total. The monoisotopic (exact) mass is 322 g/mol. The van der Waals surface area contributed by atoms with Gasteiger partial charge in [0, 0.05) is 32.4 Å². The van der Waals surface area contributed by atoms with Crippen LogP contribution in [0.3, 0.4) is 0 Å². The normalized spacial score (nSPS) is 14.1. The summed E-state index contributed by atoms with van der Waals surface area (Å²) in [5, 5.41) is 9.18. The summed E-state index contributed by atoms with van der Waals surface area (Å²) in [6, 6.07) is 13.5. The first kappa shape index (κ1) is 15.8. The highest BCUT2D eigenvalue weighted by Gasteiger charge is 2.23. The molecule has 1 aromatic heterocycles. The minimum absolute atomic E-state index is 0.279. The SMILES string of the molecule is N#Cc1ccncc1N1CCN(C(=O)OCc2ccccc2)CC1. The quantitative estimate of drug-likeness (QED) is 0.868. The lowest BCUT2D eigenvalue weighted by Gasteiger charge is -2.35. The van der Waals surface area contributed by atoms with Crippen LogP contribution in [-0.2, 0) is 11.3 Å². The summed E-state index contributed by atoms with van der Waals surface area (Å²) in [5.41, 5.74) is 2.39. The molecular formula is C18H18N4O2. The second-order valence-electron chi connectivity index (χ2n) is 5.52. The summed E-state index contributed by atoms with van der Waals surface area (Å²) < 4.78 is 5.36. The van der Waals surface area contributed by atoms with Gasteiger partial charge in [0.25, 0.3) is 0 Å². The van der Waals surface area contributed by atoms with Gasteiger partial charge in [0.05, 0.1) is 17.4 Å². The third-order valence-electron chi connectivity index (χ3n) is 4.00. The summed E-state index contributed by atoms with van der Waals surface area (Å²) >= 11 is 0. The highest BCUT2D eigenvalue weighted by atomic mass is 16.6. The Morgan fingerprint density at radius 3 is 2.62 bits per heavy atom. The number of benzene rings is 1. The molecule has 2 aromatic rings. The summed E-state index contributed by atoms with van der Waals surface area (Å²) in [7, 11) is 0. The Bertz CT molecular complexity index is 734. The van der Waals surface area contributed by atoms with Crippen LogP contribution in [0.1, 0.15) is 11.1 Å². The molecule has 1 saturated heterocycles. The van der Waals surface area contributed by atoms with Gasteiger partial charge in [0.2, 0.25) is 0 Å². The van der Waals surface area contributed by atoms with E-state index in [1.165, 1.54) is 0 Å². The van der Waals surface area contributed by atoms with Crippen molar-refractivity contribution < 1.29 is 9.53 Å². The Hall–Kier alpha value is -3.07. The van der Waals surface area contributed by atoms with Gasteiger partial charge in [-0.05, 0) is 11.6 Å². The van der Waals surface area contributed by atoms with E-state index in [0.717, 1.165) is 11.3 Å². The number of nitriles is 1. The summed E-state index contributed by atoms with van der Waals surface area (Å²) in [6.07, 6.45) is 3.01. The fourth-order valence-corrected chi connectivity index (χ4v) is 2.67. The van der Waals surface area contributed by atoms with Crippen LogP contribution in [0.4, 0.5) is 10.5 Å². The van der Waals surface area contributed by atoms with Crippen molar-refractivity contribution in [1.29, 1.82) is 5.26 Å². The van der Waals surface area contributed by atoms with Crippen LogP contribution in [0.2, 0.25) is 0 Å². The number of amides is 1. The van der Waals surface area contributed by atoms with Gasteiger partial charge in [-0.25, -0.2) is 4.79 Å².